The number of nitro groups is 1. The molecule has 0 radical (unpaired) electrons. The number of non-ortho nitro benzene ring substituents is 1. The van der Waals surface area contributed by atoms with Gasteiger partial charge in [-0.05, 0) is 26.5 Å². The van der Waals surface area contributed by atoms with Gasteiger partial charge in [0.05, 0.1) is 30.3 Å². The lowest BCUT2D eigenvalue weighted by Crippen LogP contribution is -2.44. The second kappa shape index (κ2) is 9.58. The number of anilines is 1. The summed E-state index contributed by atoms with van der Waals surface area (Å²) in [6.45, 7) is 4.25. The number of rotatable bonds is 9. The van der Waals surface area contributed by atoms with Gasteiger partial charge in [-0.1, -0.05) is 6.92 Å². The van der Waals surface area contributed by atoms with Crippen LogP contribution in [0.3, 0.4) is 0 Å². The Morgan fingerprint density at radius 3 is 2.64 bits per heavy atom. The van der Waals surface area contributed by atoms with E-state index in [0.717, 1.165) is 6.42 Å². The molecule has 0 saturated heterocycles. The van der Waals surface area contributed by atoms with Crippen LogP contribution in [-0.2, 0) is 9.59 Å². The van der Waals surface area contributed by atoms with Crippen molar-refractivity contribution < 1.29 is 19.2 Å². The average Bonchev–Trinajstić information content (AvgIpc) is 2.58. The van der Waals surface area contributed by atoms with Gasteiger partial charge in [-0.15, -0.1) is 0 Å². The molecular weight excluding hydrogens is 328 g/mol. The van der Waals surface area contributed by atoms with Gasteiger partial charge in [0, 0.05) is 18.7 Å². The number of nitrogens with one attached hydrogen (secondary N) is 2. The molecule has 2 N–H and O–H groups in total. The highest BCUT2D eigenvalue weighted by molar-refractivity contribution is 5.96. The van der Waals surface area contributed by atoms with Crippen molar-refractivity contribution in [1.82, 2.24) is 10.2 Å². The van der Waals surface area contributed by atoms with Gasteiger partial charge in [-0.2, -0.15) is 0 Å². The van der Waals surface area contributed by atoms with Crippen molar-refractivity contribution in [2.45, 2.75) is 26.3 Å². The number of carbonyl (C=O) groups excluding carboxylic acids is 2. The zero-order chi connectivity index (χ0) is 19.0. The Morgan fingerprint density at radius 2 is 2.08 bits per heavy atom. The largest absolute Gasteiger partial charge is 0.495 e. The lowest BCUT2D eigenvalue weighted by atomic mass is 10.2. The quantitative estimate of drug-likeness (QED) is 0.513. The monoisotopic (exact) mass is 352 g/mol. The molecule has 1 rings (SSSR count). The number of benzene rings is 1. The number of amides is 2. The SMILES string of the molecule is CCCNC(=O)CN(C)[C@@H](C)C(=O)Nc1cc([N+](=O)[O-])ccc1OC. The highest BCUT2D eigenvalue weighted by atomic mass is 16.6. The predicted octanol–water partition coefficient (Wildman–Crippen LogP) is 1.39. The standard InChI is InChI=1S/C16H24N4O5/c1-5-8-17-15(21)10-19(3)11(2)16(22)18-13-9-12(20(23)24)6-7-14(13)25-4/h6-7,9,11H,5,8,10H2,1-4H3,(H,17,21)(H,18,22)/t11-/m0/s1. The molecule has 0 bridgehead atoms. The second-order valence-corrected chi connectivity index (χ2v) is 5.57. The van der Waals surface area contributed by atoms with Gasteiger partial charge in [0.15, 0.2) is 0 Å². The lowest BCUT2D eigenvalue weighted by Gasteiger charge is -2.23. The van der Waals surface area contributed by atoms with E-state index in [2.05, 4.69) is 10.6 Å². The third-order valence-electron chi connectivity index (χ3n) is 3.66. The van der Waals surface area contributed by atoms with E-state index in [9.17, 15) is 19.7 Å². The number of ether oxygens (including phenoxy) is 1. The molecule has 0 saturated carbocycles. The van der Waals surface area contributed by atoms with Crippen LogP contribution in [0.25, 0.3) is 0 Å². The van der Waals surface area contributed by atoms with E-state index in [1.54, 1.807) is 18.9 Å². The summed E-state index contributed by atoms with van der Waals surface area (Å²) in [5.74, 6) is -0.254. The van der Waals surface area contributed by atoms with Crippen LogP contribution in [0.1, 0.15) is 20.3 Å². The number of methoxy groups -OCH3 is 1. The molecule has 0 aromatic heterocycles. The summed E-state index contributed by atoms with van der Waals surface area (Å²) in [5.41, 5.74) is 0.0495. The topological polar surface area (TPSA) is 114 Å². The number of hydrogen-bond acceptors (Lipinski definition) is 6. The normalized spacial score (nSPS) is 11.7. The molecular formula is C16H24N4O5. The number of nitro benzene ring substituents is 1. The molecule has 0 heterocycles. The Bertz CT molecular complexity index is 635. The third kappa shape index (κ3) is 6.03. The van der Waals surface area contributed by atoms with E-state index in [1.807, 2.05) is 6.92 Å². The Morgan fingerprint density at radius 1 is 1.40 bits per heavy atom. The first-order valence-electron chi connectivity index (χ1n) is 7.90. The van der Waals surface area contributed by atoms with Crippen molar-refractivity contribution in [3.63, 3.8) is 0 Å². The Hall–Kier alpha value is -2.68. The molecule has 0 unspecified atom stereocenters. The fourth-order valence-electron chi connectivity index (χ4n) is 2.03. The molecule has 1 atom stereocenters. The zero-order valence-electron chi connectivity index (χ0n) is 14.9. The predicted molar refractivity (Wildman–Crippen MR) is 93.7 cm³/mol. The summed E-state index contributed by atoms with van der Waals surface area (Å²) in [7, 11) is 3.06. The summed E-state index contributed by atoms with van der Waals surface area (Å²) < 4.78 is 5.11. The average molecular weight is 352 g/mol. The molecule has 9 nitrogen and oxygen atoms in total. The Labute approximate surface area is 146 Å². The number of nitrogens with zero attached hydrogens (tertiary/aromatic N) is 2. The first-order chi connectivity index (χ1) is 11.8. The maximum Gasteiger partial charge on any atom is 0.271 e. The van der Waals surface area contributed by atoms with Crippen LogP contribution < -0.4 is 15.4 Å². The van der Waals surface area contributed by atoms with E-state index >= 15 is 0 Å². The summed E-state index contributed by atoms with van der Waals surface area (Å²) >= 11 is 0. The van der Waals surface area contributed by atoms with Crippen LogP contribution in [0.5, 0.6) is 5.75 Å². The Balaban J connectivity index is 2.78. The summed E-state index contributed by atoms with van der Waals surface area (Å²) in [5, 5.41) is 16.2. The molecule has 0 fully saturated rings. The lowest BCUT2D eigenvalue weighted by molar-refractivity contribution is -0.384. The molecule has 0 aliphatic heterocycles. The van der Waals surface area contributed by atoms with Gasteiger partial charge < -0.3 is 15.4 Å². The smallest absolute Gasteiger partial charge is 0.271 e. The molecule has 1 aromatic carbocycles. The van der Waals surface area contributed by atoms with Crippen molar-refractivity contribution in [1.29, 1.82) is 0 Å². The van der Waals surface area contributed by atoms with Gasteiger partial charge in [0.1, 0.15) is 5.75 Å². The Kier molecular flexibility index (Phi) is 7.80. The minimum Gasteiger partial charge on any atom is -0.495 e. The number of carbonyl (C=O) groups is 2. The van der Waals surface area contributed by atoms with E-state index in [1.165, 1.54) is 25.3 Å². The van der Waals surface area contributed by atoms with E-state index < -0.39 is 16.9 Å². The van der Waals surface area contributed by atoms with E-state index in [0.29, 0.717) is 12.3 Å². The van der Waals surface area contributed by atoms with Crippen molar-refractivity contribution in [2.75, 3.05) is 32.6 Å². The van der Waals surface area contributed by atoms with Gasteiger partial charge in [-0.25, -0.2) is 0 Å². The van der Waals surface area contributed by atoms with Crippen LogP contribution in [-0.4, -0.2) is 54.9 Å². The van der Waals surface area contributed by atoms with Crippen LogP contribution >= 0.6 is 0 Å². The third-order valence-corrected chi connectivity index (χ3v) is 3.66. The van der Waals surface area contributed by atoms with Gasteiger partial charge in [0.2, 0.25) is 11.8 Å². The van der Waals surface area contributed by atoms with E-state index in [-0.39, 0.29) is 23.8 Å². The molecule has 2 amide bonds. The summed E-state index contributed by atoms with van der Waals surface area (Å²) in [6.07, 6.45) is 0.831. The van der Waals surface area contributed by atoms with Crippen molar-refractivity contribution in [2.24, 2.45) is 0 Å². The molecule has 1 aromatic rings. The fraction of sp³-hybridized carbons (Fsp3) is 0.500. The highest BCUT2D eigenvalue weighted by Gasteiger charge is 2.22. The minimum atomic E-state index is -0.614. The van der Waals surface area contributed by atoms with Crippen molar-refractivity contribution in [3.05, 3.63) is 28.3 Å². The maximum atomic E-state index is 12.4. The number of likely N-dealkylation sites (N-methyl/N-ethyl adjacent to an activating group) is 1. The molecule has 9 heteroatoms. The van der Waals surface area contributed by atoms with Gasteiger partial charge in [0.25, 0.3) is 5.69 Å². The first kappa shape index (κ1) is 20.4. The van der Waals surface area contributed by atoms with Gasteiger partial charge in [-0.3, -0.25) is 24.6 Å². The van der Waals surface area contributed by atoms with Crippen molar-refractivity contribution >= 4 is 23.2 Å². The van der Waals surface area contributed by atoms with Crippen LogP contribution in [0.15, 0.2) is 18.2 Å². The fourth-order valence-corrected chi connectivity index (χ4v) is 2.03. The summed E-state index contributed by atoms with van der Waals surface area (Å²) in [4.78, 5) is 36.0. The highest BCUT2D eigenvalue weighted by Crippen LogP contribution is 2.29. The van der Waals surface area contributed by atoms with Crippen molar-refractivity contribution in [3.8, 4) is 5.75 Å². The van der Waals surface area contributed by atoms with E-state index in [4.69, 9.17) is 4.74 Å². The molecule has 0 spiro atoms. The first-order valence-corrected chi connectivity index (χ1v) is 7.90. The molecule has 25 heavy (non-hydrogen) atoms. The minimum absolute atomic E-state index is 0.0701. The molecule has 0 aliphatic carbocycles. The maximum absolute atomic E-state index is 12.4. The molecule has 138 valence electrons. The zero-order valence-corrected chi connectivity index (χ0v) is 14.9. The second-order valence-electron chi connectivity index (χ2n) is 5.57. The van der Waals surface area contributed by atoms with Crippen LogP contribution in [0, 0.1) is 10.1 Å². The van der Waals surface area contributed by atoms with Gasteiger partial charge >= 0.3 is 0 Å². The van der Waals surface area contributed by atoms with Crippen LogP contribution in [0.4, 0.5) is 11.4 Å². The molecule has 0 aliphatic rings. The summed E-state index contributed by atoms with van der Waals surface area (Å²) in [6, 6.07) is 3.33. The number of hydrogen-bond donors (Lipinski definition) is 2. The van der Waals surface area contributed by atoms with Crippen LogP contribution in [0.2, 0.25) is 0 Å².